The Morgan fingerprint density at radius 1 is 0.542 bits per heavy atom. The number of benzene rings is 2. The molecule has 0 spiro atoms. The van der Waals surface area contributed by atoms with Crippen molar-refractivity contribution in [2.24, 2.45) is 0 Å². The Kier molecular flexibility index (Phi) is 25.1. The Hall–Kier alpha value is -2.13. The van der Waals surface area contributed by atoms with Crippen molar-refractivity contribution in [2.75, 3.05) is 6.61 Å². The van der Waals surface area contributed by atoms with Crippen LogP contribution in [0.4, 0.5) is 0 Å². The molecule has 0 bridgehead atoms. The van der Waals surface area contributed by atoms with Gasteiger partial charge in [-0.2, -0.15) is 0 Å². The van der Waals surface area contributed by atoms with E-state index in [1.807, 2.05) is 36.4 Å². The number of unbranched alkanes of at least 4 members (excludes halogenated alkanes) is 20. The monoisotopic (exact) mass is 663 g/mol. The fraction of sp³-hybridized carbons (Fsp3) is 0.711. The van der Waals surface area contributed by atoms with E-state index in [1.54, 1.807) is 0 Å². The number of rotatable bonds is 31. The minimum atomic E-state index is -0.287. The van der Waals surface area contributed by atoms with Gasteiger partial charge in [0, 0.05) is 6.61 Å². The van der Waals surface area contributed by atoms with E-state index in [-0.39, 0.29) is 12.1 Å². The highest BCUT2D eigenvalue weighted by Crippen LogP contribution is 2.34. The lowest BCUT2D eigenvalue weighted by atomic mass is 9.88. The van der Waals surface area contributed by atoms with Gasteiger partial charge < -0.3 is 9.47 Å². The van der Waals surface area contributed by atoms with Crippen LogP contribution in [-0.4, -0.2) is 12.6 Å². The van der Waals surface area contributed by atoms with Crippen molar-refractivity contribution < 1.29 is 14.3 Å². The highest BCUT2D eigenvalue weighted by Gasteiger charge is 2.18. The third-order valence-corrected chi connectivity index (χ3v) is 10.1. The number of carbonyl (C=O) groups is 1. The van der Waals surface area contributed by atoms with E-state index < -0.39 is 0 Å². The summed E-state index contributed by atoms with van der Waals surface area (Å²) in [7, 11) is 0. The van der Waals surface area contributed by atoms with Crippen molar-refractivity contribution in [1.82, 2.24) is 0 Å². The first kappa shape index (κ1) is 42.0. The van der Waals surface area contributed by atoms with Crippen LogP contribution in [0.5, 0.6) is 5.75 Å². The fourth-order valence-electron chi connectivity index (χ4n) is 6.94. The zero-order valence-corrected chi connectivity index (χ0v) is 31.9. The summed E-state index contributed by atoms with van der Waals surface area (Å²) in [5, 5.41) is 0. The zero-order valence-electron chi connectivity index (χ0n) is 31.9. The standard InChI is InChI=1S/C45H74O3/c1-5-8-10-12-14-15-16-17-18-19-20-21-22-23-25-29-38-47-39(4)40-34-36-42(37-35-40)45(46)48-44-33-28-27-32-43(44)41(30-7-3)31-26-24-13-11-9-6-2/h27-28,32-37,39,41H,5-26,29-31,38H2,1-4H3. The second-order valence-electron chi connectivity index (χ2n) is 14.4. The lowest BCUT2D eigenvalue weighted by Crippen LogP contribution is -2.12. The molecule has 3 heteroatoms. The van der Waals surface area contributed by atoms with Crippen LogP contribution in [0.15, 0.2) is 48.5 Å². The molecule has 2 aromatic rings. The van der Waals surface area contributed by atoms with E-state index in [9.17, 15) is 4.79 Å². The maximum atomic E-state index is 13.2. The molecule has 2 unspecified atom stereocenters. The number of ether oxygens (including phenoxy) is 2. The molecule has 0 aliphatic carbocycles. The molecule has 0 amide bonds. The van der Waals surface area contributed by atoms with Crippen molar-refractivity contribution in [3.8, 4) is 5.75 Å². The molecule has 272 valence electrons. The molecule has 2 rings (SSSR count). The van der Waals surface area contributed by atoms with Crippen LogP contribution in [0, 0.1) is 0 Å². The van der Waals surface area contributed by atoms with E-state index in [0.29, 0.717) is 17.2 Å². The summed E-state index contributed by atoms with van der Waals surface area (Å²) in [6.07, 6.45) is 33.3. The van der Waals surface area contributed by atoms with E-state index in [2.05, 4.69) is 39.8 Å². The normalized spacial score (nSPS) is 12.7. The topological polar surface area (TPSA) is 35.5 Å². The molecule has 48 heavy (non-hydrogen) atoms. The molecule has 0 radical (unpaired) electrons. The predicted octanol–water partition coefficient (Wildman–Crippen LogP) is 14.9. The van der Waals surface area contributed by atoms with Crippen LogP contribution >= 0.6 is 0 Å². The van der Waals surface area contributed by atoms with Gasteiger partial charge in [-0.3, -0.25) is 0 Å². The van der Waals surface area contributed by atoms with Gasteiger partial charge in [-0.05, 0) is 61.4 Å². The molecule has 0 fully saturated rings. The van der Waals surface area contributed by atoms with Gasteiger partial charge in [-0.25, -0.2) is 4.79 Å². The first-order chi connectivity index (χ1) is 23.6. The highest BCUT2D eigenvalue weighted by molar-refractivity contribution is 5.91. The van der Waals surface area contributed by atoms with Crippen LogP contribution in [0.1, 0.15) is 222 Å². The first-order valence-corrected chi connectivity index (χ1v) is 20.6. The molecular formula is C45H74O3. The molecule has 2 atom stereocenters. The van der Waals surface area contributed by atoms with E-state index in [4.69, 9.17) is 9.47 Å². The summed E-state index contributed by atoms with van der Waals surface area (Å²) >= 11 is 0. The lowest BCUT2D eigenvalue weighted by Gasteiger charge is -2.20. The first-order valence-electron chi connectivity index (χ1n) is 20.6. The molecule has 0 aliphatic rings. The third kappa shape index (κ3) is 19.2. The van der Waals surface area contributed by atoms with Crippen molar-refractivity contribution in [1.29, 1.82) is 0 Å². The largest absolute Gasteiger partial charge is 0.423 e. The zero-order chi connectivity index (χ0) is 34.5. The molecule has 0 saturated heterocycles. The number of esters is 1. The van der Waals surface area contributed by atoms with Crippen molar-refractivity contribution in [3.05, 3.63) is 65.2 Å². The van der Waals surface area contributed by atoms with Gasteiger partial charge in [0.2, 0.25) is 0 Å². The maximum Gasteiger partial charge on any atom is 0.343 e. The summed E-state index contributed by atoms with van der Waals surface area (Å²) in [6, 6.07) is 16.0. The second kappa shape index (κ2) is 28.7. The number of hydrogen-bond donors (Lipinski definition) is 0. The quantitative estimate of drug-likeness (QED) is 0.0458. The Balaban J connectivity index is 1.63. The summed E-state index contributed by atoms with van der Waals surface area (Å²) in [6.45, 7) is 9.70. The lowest BCUT2D eigenvalue weighted by molar-refractivity contribution is 0.0625. The highest BCUT2D eigenvalue weighted by atomic mass is 16.5. The molecule has 0 N–H and O–H groups in total. The van der Waals surface area contributed by atoms with E-state index in [0.717, 1.165) is 37.9 Å². The Morgan fingerprint density at radius 2 is 1.02 bits per heavy atom. The van der Waals surface area contributed by atoms with Gasteiger partial charge in [-0.15, -0.1) is 0 Å². The van der Waals surface area contributed by atoms with Crippen LogP contribution in [0.2, 0.25) is 0 Å². The SMILES string of the molecule is CCCCCCCCCCCCCCCCCCOC(C)c1ccc(C(=O)Oc2ccccc2C(CCC)CCCCCCCC)cc1. The van der Waals surface area contributed by atoms with Gasteiger partial charge in [0.15, 0.2) is 0 Å². The molecular weight excluding hydrogens is 588 g/mol. The predicted molar refractivity (Wildman–Crippen MR) is 207 cm³/mol. The average Bonchev–Trinajstić information content (AvgIpc) is 3.11. The van der Waals surface area contributed by atoms with Gasteiger partial charge >= 0.3 is 5.97 Å². The third-order valence-electron chi connectivity index (χ3n) is 10.1. The van der Waals surface area contributed by atoms with Gasteiger partial charge in [0.25, 0.3) is 0 Å². The van der Waals surface area contributed by atoms with Crippen LogP contribution < -0.4 is 4.74 Å². The fourth-order valence-corrected chi connectivity index (χ4v) is 6.94. The van der Waals surface area contributed by atoms with Crippen LogP contribution in [0.25, 0.3) is 0 Å². The molecule has 0 heterocycles. The minimum Gasteiger partial charge on any atom is -0.423 e. The Morgan fingerprint density at radius 3 is 1.54 bits per heavy atom. The number of hydrogen-bond acceptors (Lipinski definition) is 3. The Bertz CT molecular complexity index is 1030. The summed E-state index contributed by atoms with van der Waals surface area (Å²) in [5.41, 5.74) is 2.86. The average molecular weight is 663 g/mol. The molecule has 0 aliphatic heterocycles. The minimum absolute atomic E-state index is 0.0175. The Labute approximate surface area is 297 Å². The van der Waals surface area contributed by atoms with Crippen molar-refractivity contribution >= 4 is 5.97 Å². The van der Waals surface area contributed by atoms with Crippen LogP contribution in [0.3, 0.4) is 0 Å². The van der Waals surface area contributed by atoms with Crippen molar-refractivity contribution in [2.45, 2.75) is 200 Å². The van der Waals surface area contributed by atoms with Crippen LogP contribution in [-0.2, 0) is 4.74 Å². The van der Waals surface area contributed by atoms with Gasteiger partial charge in [0.1, 0.15) is 5.75 Å². The number of carbonyl (C=O) groups excluding carboxylic acids is 1. The summed E-state index contributed by atoms with van der Waals surface area (Å²) < 4.78 is 12.2. The smallest absolute Gasteiger partial charge is 0.343 e. The summed E-state index contributed by atoms with van der Waals surface area (Å²) in [5.74, 6) is 0.858. The van der Waals surface area contributed by atoms with E-state index in [1.165, 1.54) is 140 Å². The van der Waals surface area contributed by atoms with Crippen molar-refractivity contribution in [3.63, 3.8) is 0 Å². The van der Waals surface area contributed by atoms with Gasteiger partial charge in [0.05, 0.1) is 11.7 Å². The maximum absolute atomic E-state index is 13.2. The van der Waals surface area contributed by atoms with Gasteiger partial charge in [-0.1, -0.05) is 192 Å². The second-order valence-corrected chi connectivity index (χ2v) is 14.4. The summed E-state index contributed by atoms with van der Waals surface area (Å²) in [4.78, 5) is 13.2. The molecule has 0 aromatic heterocycles. The van der Waals surface area contributed by atoms with E-state index >= 15 is 0 Å². The number of para-hydroxylation sites is 1. The molecule has 3 nitrogen and oxygen atoms in total. The molecule has 2 aromatic carbocycles. The molecule has 0 saturated carbocycles.